The highest BCUT2D eigenvalue weighted by Crippen LogP contribution is 2.36. The first kappa shape index (κ1) is 23.0. The van der Waals surface area contributed by atoms with Gasteiger partial charge in [-0.15, -0.1) is 0 Å². The zero-order chi connectivity index (χ0) is 22.4. The fraction of sp³-hybridized carbons (Fsp3) is 0.478. The second kappa shape index (κ2) is 10.1. The fourth-order valence-corrected chi connectivity index (χ4v) is 4.46. The van der Waals surface area contributed by atoms with Crippen LogP contribution >= 0.6 is 0 Å². The van der Waals surface area contributed by atoms with Crippen LogP contribution in [0.1, 0.15) is 47.9 Å². The quantitative estimate of drug-likeness (QED) is 0.472. The van der Waals surface area contributed by atoms with E-state index in [1.54, 1.807) is 0 Å². The van der Waals surface area contributed by atoms with E-state index in [4.69, 9.17) is 19.1 Å². The fourth-order valence-electron chi connectivity index (χ4n) is 4.46. The third kappa shape index (κ3) is 4.98. The molecule has 8 nitrogen and oxygen atoms in total. The van der Waals surface area contributed by atoms with Gasteiger partial charge in [0.15, 0.2) is 0 Å². The predicted octanol–water partition coefficient (Wildman–Crippen LogP) is 2.66. The van der Waals surface area contributed by atoms with Crippen LogP contribution in [0.2, 0.25) is 0 Å². The number of aliphatic hydroxyl groups excluding tert-OH is 2. The zero-order valence-corrected chi connectivity index (χ0v) is 17.6. The Bertz CT molecular complexity index is 909. The number of carbonyl (C=O) groups excluding carboxylic acids is 1. The monoisotopic (exact) mass is 431 g/mol. The van der Waals surface area contributed by atoms with E-state index in [0.717, 1.165) is 42.0 Å². The normalized spacial score (nSPS) is 22.9. The molecule has 3 heterocycles. The standard InChI is InChI=1S/C22H27NO5.CH2O2/c1-2-8-22(14-24)13-23(9-7-20(22)25)11-17-5-6-19(28-17)15-3-4-16-12-27-21(26)18(16)10-15;2-1-3/h3-6,10,20,24-25H,2,7-9,11-14H2,1H3;1H,(H,2,3)/t20-,22-;/m0./s1. The molecule has 2 aromatic rings. The molecule has 31 heavy (non-hydrogen) atoms. The Morgan fingerprint density at radius 2 is 2.06 bits per heavy atom. The highest BCUT2D eigenvalue weighted by Gasteiger charge is 2.41. The van der Waals surface area contributed by atoms with Crippen LogP contribution in [0.25, 0.3) is 11.3 Å². The number of likely N-dealkylation sites (tertiary alicyclic amines) is 1. The van der Waals surface area contributed by atoms with Crippen molar-refractivity contribution in [2.45, 2.75) is 45.4 Å². The summed E-state index contributed by atoms with van der Waals surface area (Å²) in [6.07, 6.45) is 1.92. The van der Waals surface area contributed by atoms with Crippen molar-refractivity contribution < 1.29 is 34.1 Å². The number of ether oxygens (including phenoxy) is 1. The Morgan fingerprint density at radius 3 is 2.77 bits per heavy atom. The summed E-state index contributed by atoms with van der Waals surface area (Å²) in [7, 11) is 0. The number of carbonyl (C=O) groups is 2. The van der Waals surface area contributed by atoms with Gasteiger partial charge in [-0.05, 0) is 31.0 Å². The number of nitrogens with zero attached hydrogens (tertiary/aromatic N) is 1. The van der Waals surface area contributed by atoms with Crippen LogP contribution in [0.5, 0.6) is 0 Å². The SMILES string of the molecule is CCC[C@@]1(CO)CN(Cc2ccc(-c3ccc4c(c3)C(=O)OC4)o2)CC[C@@H]1O.O=CO. The van der Waals surface area contributed by atoms with Gasteiger partial charge >= 0.3 is 5.97 Å². The summed E-state index contributed by atoms with van der Waals surface area (Å²) in [6.45, 7) is 4.21. The number of benzene rings is 1. The van der Waals surface area contributed by atoms with Crippen LogP contribution in [0.15, 0.2) is 34.7 Å². The summed E-state index contributed by atoms with van der Waals surface area (Å²) in [6, 6.07) is 9.54. The number of hydrogen-bond acceptors (Lipinski definition) is 7. The molecule has 0 radical (unpaired) electrons. The van der Waals surface area contributed by atoms with Gasteiger partial charge < -0.3 is 24.5 Å². The van der Waals surface area contributed by atoms with Gasteiger partial charge in [0, 0.05) is 29.6 Å². The first-order chi connectivity index (χ1) is 15.0. The lowest BCUT2D eigenvalue weighted by atomic mass is 9.74. The van der Waals surface area contributed by atoms with Crippen molar-refractivity contribution in [3.05, 3.63) is 47.2 Å². The molecule has 2 atom stereocenters. The highest BCUT2D eigenvalue weighted by atomic mass is 16.5. The Morgan fingerprint density at radius 1 is 1.29 bits per heavy atom. The molecule has 2 aliphatic heterocycles. The number of furan rings is 1. The van der Waals surface area contributed by atoms with Crippen molar-refractivity contribution in [3.63, 3.8) is 0 Å². The van der Waals surface area contributed by atoms with Gasteiger partial charge in [-0.25, -0.2) is 4.79 Å². The molecule has 0 aliphatic carbocycles. The molecule has 1 fully saturated rings. The van der Waals surface area contributed by atoms with E-state index in [2.05, 4.69) is 11.8 Å². The van der Waals surface area contributed by atoms with Crippen LogP contribution in [0.3, 0.4) is 0 Å². The third-order valence-corrected chi connectivity index (χ3v) is 6.04. The summed E-state index contributed by atoms with van der Waals surface area (Å²) < 4.78 is 11.1. The maximum Gasteiger partial charge on any atom is 0.338 e. The smallest absolute Gasteiger partial charge is 0.338 e. The Hall–Kier alpha value is -2.68. The van der Waals surface area contributed by atoms with Crippen LogP contribution in [0, 0.1) is 5.41 Å². The average Bonchev–Trinajstić information content (AvgIpc) is 3.38. The number of carboxylic acid groups (broad SMARTS) is 1. The lowest BCUT2D eigenvalue weighted by molar-refractivity contribution is -0.122. The van der Waals surface area contributed by atoms with Gasteiger partial charge in [0.2, 0.25) is 0 Å². The molecular weight excluding hydrogens is 402 g/mol. The first-order valence-corrected chi connectivity index (χ1v) is 10.4. The van der Waals surface area contributed by atoms with Crippen molar-refractivity contribution in [3.8, 4) is 11.3 Å². The number of piperidine rings is 1. The van der Waals surface area contributed by atoms with Gasteiger partial charge in [0.05, 0.1) is 24.8 Å². The van der Waals surface area contributed by atoms with Crippen molar-refractivity contribution in [1.82, 2.24) is 4.90 Å². The molecule has 0 amide bonds. The summed E-state index contributed by atoms with van der Waals surface area (Å²) in [5.41, 5.74) is 1.91. The number of hydrogen-bond donors (Lipinski definition) is 3. The van der Waals surface area contributed by atoms with Gasteiger partial charge in [0.25, 0.3) is 6.47 Å². The molecule has 168 valence electrons. The van der Waals surface area contributed by atoms with E-state index < -0.39 is 11.5 Å². The van der Waals surface area contributed by atoms with E-state index in [1.807, 2.05) is 30.3 Å². The maximum absolute atomic E-state index is 11.8. The van der Waals surface area contributed by atoms with E-state index in [9.17, 15) is 15.0 Å². The van der Waals surface area contributed by atoms with Crippen LogP contribution in [-0.4, -0.2) is 58.5 Å². The van der Waals surface area contributed by atoms with E-state index in [0.29, 0.717) is 31.7 Å². The van der Waals surface area contributed by atoms with Crippen molar-refractivity contribution in [2.75, 3.05) is 19.7 Å². The van der Waals surface area contributed by atoms with Gasteiger partial charge in [-0.1, -0.05) is 25.5 Å². The van der Waals surface area contributed by atoms with Gasteiger partial charge in [-0.3, -0.25) is 9.69 Å². The Labute approximate surface area is 181 Å². The minimum absolute atomic E-state index is 0.00681. The highest BCUT2D eigenvalue weighted by molar-refractivity contribution is 5.94. The number of cyclic esters (lactones) is 1. The summed E-state index contributed by atoms with van der Waals surface area (Å²) in [5.74, 6) is 1.26. The van der Waals surface area contributed by atoms with Crippen LogP contribution in [-0.2, 0) is 22.7 Å². The molecule has 1 saturated heterocycles. The molecule has 8 heteroatoms. The number of rotatable bonds is 6. The van der Waals surface area contributed by atoms with Crippen LogP contribution in [0.4, 0.5) is 0 Å². The minimum atomic E-state index is -0.466. The lowest BCUT2D eigenvalue weighted by Crippen LogP contribution is -2.53. The van der Waals surface area contributed by atoms with Crippen molar-refractivity contribution in [1.29, 1.82) is 0 Å². The Kier molecular flexibility index (Phi) is 7.48. The van der Waals surface area contributed by atoms with Crippen molar-refractivity contribution in [2.24, 2.45) is 5.41 Å². The zero-order valence-electron chi connectivity index (χ0n) is 17.6. The van der Waals surface area contributed by atoms with Gasteiger partial charge in [0.1, 0.15) is 18.1 Å². The topological polar surface area (TPSA) is 120 Å². The Balaban J connectivity index is 0.000000858. The van der Waals surface area contributed by atoms with E-state index in [1.165, 1.54) is 0 Å². The number of esters is 1. The molecule has 0 spiro atoms. The second-order valence-corrected chi connectivity index (χ2v) is 8.11. The molecule has 0 saturated carbocycles. The van der Waals surface area contributed by atoms with Crippen molar-refractivity contribution >= 4 is 12.4 Å². The minimum Gasteiger partial charge on any atom is -0.483 e. The number of fused-ring (bicyclic) bond motifs is 1. The second-order valence-electron chi connectivity index (χ2n) is 8.11. The largest absolute Gasteiger partial charge is 0.483 e. The molecule has 0 unspecified atom stereocenters. The molecule has 2 aliphatic rings. The van der Waals surface area contributed by atoms with Gasteiger partial charge in [-0.2, -0.15) is 0 Å². The van der Waals surface area contributed by atoms with Crippen LogP contribution < -0.4 is 0 Å². The third-order valence-electron chi connectivity index (χ3n) is 6.04. The summed E-state index contributed by atoms with van der Waals surface area (Å²) >= 11 is 0. The first-order valence-electron chi connectivity index (χ1n) is 10.4. The molecule has 1 aromatic heterocycles. The molecule has 3 N–H and O–H groups in total. The van der Waals surface area contributed by atoms with E-state index >= 15 is 0 Å². The average molecular weight is 431 g/mol. The molecule has 4 rings (SSSR count). The lowest BCUT2D eigenvalue weighted by Gasteiger charge is -2.45. The molecular formula is C23H29NO7. The molecule has 1 aromatic carbocycles. The maximum atomic E-state index is 11.8. The summed E-state index contributed by atoms with van der Waals surface area (Å²) in [4.78, 5) is 22.4. The van der Waals surface area contributed by atoms with E-state index in [-0.39, 0.29) is 19.0 Å². The molecule has 0 bridgehead atoms. The summed E-state index contributed by atoms with van der Waals surface area (Å²) in [5, 5.41) is 27.3. The predicted molar refractivity (Wildman–Crippen MR) is 112 cm³/mol. The number of aliphatic hydroxyl groups is 2.